The first-order valence-electron chi connectivity index (χ1n) is 11.2. The van der Waals surface area contributed by atoms with E-state index in [1.807, 2.05) is 29.2 Å². The van der Waals surface area contributed by atoms with Gasteiger partial charge in [-0.05, 0) is 62.2 Å². The normalized spacial score (nSPS) is 24.2. The van der Waals surface area contributed by atoms with E-state index in [-0.39, 0.29) is 30.5 Å². The Bertz CT molecular complexity index is 1010. The van der Waals surface area contributed by atoms with Gasteiger partial charge in [-0.2, -0.15) is 0 Å². The van der Waals surface area contributed by atoms with Gasteiger partial charge in [0.05, 0.1) is 6.61 Å². The first kappa shape index (κ1) is 22.5. The molecule has 5 nitrogen and oxygen atoms in total. The summed E-state index contributed by atoms with van der Waals surface area (Å²) in [7, 11) is 0. The van der Waals surface area contributed by atoms with Crippen molar-refractivity contribution in [2.24, 2.45) is 0 Å². The number of hydrogen-bond donors (Lipinski definition) is 2. The fraction of sp³-hybridized carbons (Fsp3) is 0.423. The van der Waals surface area contributed by atoms with Crippen LogP contribution in [0.2, 0.25) is 0 Å². The van der Waals surface area contributed by atoms with Crippen LogP contribution in [0.25, 0.3) is 0 Å². The molecule has 0 bridgehead atoms. The Kier molecular flexibility index (Phi) is 6.90. The van der Waals surface area contributed by atoms with Gasteiger partial charge in [-0.1, -0.05) is 30.0 Å². The summed E-state index contributed by atoms with van der Waals surface area (Å²) in [6.45, 7) is 3.76. The van der Waals surface area contributed by atoms with E-state index in [1.54, 1.807) is 19.1 Å². The first-order valence-corrected chi connectivity index (χ1v) is 11.2. The van der Waals surface area contributed by atoms with E-state index in [1.165, 1.54) is 12.1 Å². The van der Waals surface area contributed by atoms with Crippen LogP contribution in [-0.2, 0) is 0 Å². The summed E-state index contributed by atoms with van der Waals surface area (Å²) in [5.74, 6) is 5.22. The maximum absolute atomic E-state index is 13.7. The molecular weight excluding hydrogens is 407 g/mol. The Labute approximate surface area is 188 Å². The molecule has 1 amide bonds. The largest absolute Gasteiger partial charge is 0.395 e. The number of hydrogen-bond acceptors (Lipinski definition) is 4. The Morgan fingerprint density at radius 2 is 1.94 bits per heavy atom. The van der Waals surface area contributed by atoms with Gasteiger partial charge in [0.2, 0.25) is 0 Å². The lowest BCUT2D eigenvalue weighted by atomic mass is 9.74. The molecule has 2 aromatic carbocycles. The van der Waals surface area contributed by atoms with Crippen molar-refractivity contribution in [3.05, 3.63) is 71.0 Å². The molecule has 0 unspecified atom stereocenters. The molecule has 2 N–H and O–H groups in total. The summed E-state index contributed by atoms with van der Waals surface area (Å²) >= 11 is 0. The van der Waals surface area contributed by atoms with Gasteiger partial charge in [0.15, 0.2) is 0 Å². The van der Waals surface area contributed by atoms with Gasteiger partial charge in [0, 0.05) is 42.2 Å². The minimum absolute atomic E-state index is 0.0126. The lowest BCUT2D eigenvalue weighted by molar-refractivity contribution is -0.0606. The average molecular weight is 437 g/mol. The average Bonchev–Trinajstić information content (AvgIpc) is 2.77. The fourth-order valence-electron chi connectivity index (χ4n) is 4.91. The fourth-order valence-corrected chi connectivity index (χ4v) is 4.91. The van der Waals surface area contributed by atoms with E-state index < -0.39 is 11.9 Å². The molecule has 0 spiro atoms. The Morgan fingerprint density at radius 1 is 1.19 bits per heavy atom. The molecule has 6 heteroatoms. The first-order chi connectivity index (χ1) is 15.5. The SMILES string of the molecule is C[C@@H](O)C#Cc1ccc([C@@H]2[C@@H](CO)N3CCCCN(C(=O)c4cccc(F)c4)C[C@H]23)cc1. The van der Waals surface area contributed by atoms with Crippen molar-refractivity contribution < 1.29 is 19.4 Å². The van der Waals surface area contributed by atoms with Gasteiger partial charge in [0.25, 0.3) is 5.91 Å². The quantitative estimate of drug-likeness (QED) is 0.727. The van der Waals surface area contributed by atoms with Crippen molar-refractivity contribution >= 4 is 5.91 Å². The highest BCUT2D eigenvalue weighted by molar-refractivity contribution is 5.94. The molecule has 32 heavy (non-hydrogen) atoms. The zero-order chi connectivity index (χ0) is 22.7. The minimum Gasteiger partial charge on any atom is -0.395 e. The molecule has 0 saturated carbocycles. The van der Waals surface area contributed by atoms with Crippen LogP contribution in [-0.4, -0.2) is 70.3 Å². The van der Waals surface area contributed by atoms with Crippen LogP contribution >= 0.6 is 0 Å². The number of rotatable bonds is 3. The van der Waals surface area contributed by atoms with Crippen LogP contribution in [0.4, 0.5) is 4.39 Å². The van der Waals surface area contributed by atoms with Crippen LogP contribution in [0.1, 0.15) is 47.2 Å². The molecular formula is C26H29FN2O3. The van der Waals surface area contributed by atoms with Gasteiger partial charge in [0.1, 0.15) is 11.9 Å². The highest BCUT2D eigenvalue weighted by Crippen LogP contribution is 2.42. The van der Waals surface area contributed by atoms with Crippen molar-refractivity contribution in [1.82, 2.24) is 9.80 Å². The number of fused-ring (bicyclic) bond motifs is 1. The molecule has 168 valence electrons. The maximum atomic E-state index is 13.7. The van der Waals surface area contributed by atoms with Crippen molar-refractivity contribution in [2.45, 2.75) is 43.9 Å². The van der Waals surface area contributed by atoms with E-state index in [0.717, 1.165) is 30.5 Å². The lowest BCUT2D eigenvalue weighted by Gasteiger charge is -2.57. The minimum atomic E-state index is -0.676. The number of aliphatic hydroxyl groups is 2. The molecule has 4 rings (SSSR count). The van der Waals surface area contributed by atoms with Gasteiger partial charge >= 0.3 is 0 Å². The second-order valence-electron chi connectivity index (χ2n) is 8.62. The standard InChI is InChI=1S/C26H29FN2O3/c1-18(31)7-8-19-9-11-20(12-10-19)25-23-16-28(13-2-3-14-29(23)24(25)17-30)26(32)21-5-4-6-22(27)15-21/h4-6,9-12,15,18,23-25,30-31H,2-3,13-14,16-17H2,1H3/t18-,23-,24-,25+/m1/s1. The topological polar surface area (TPSA) is 64.0 Å². The van der Waals surface area contributed by atoms with Crippen LogP contribution in [0.5, 0.6) is 0 Å². The number of benzene rings is 2. The second kappa shape index (κ2) is 9.83. The molecule has 2 fully saturated rings. The maximum Gasteiger partial charge on any atom is 0.254 e. The van der Waals surface area contributed by atoms with E-state index in [9.17, 15) is 19.4 Å². The van der Waals surface area contributed by atoms with E-state index in [0.29, 0.717) is 18.7 Å². The van der Waals surface area contributed by atoms with E-state index >= 15 is 0 Å². The van der Waals surface area contributed by atoms with E-state index in [2.05, 4.69) is 16.7 Å². The van der Waals surface area contributed by atoms with Crippen molar-refractivity contribution in [3.8, 4) is 11.8 Å². The zero-order valence-electron chi connectivity index (χ0n) is 18.2. The number of carbonyl (C=O) groups excluding carboxylic acids is 1. The third-order valence-corrected chi connectivity index (χ3v) is 6.45. The lowest BCUT2D eigenvalue weighted by Crippen LogP contribution is -2.67. The van der Waals surface area contributed by atoms with Crippen molar-refractivity contribution in [1.29, 1.82) is 0 Å². The summed E-state index contributed by atoms with van der Waals surface area (Å²) in [6, 6.07) is 13.9. The molecule has 2 aliphatic heterocycles. The molecule has 2 aromatic rings. The van der Waals surface area contributed by atoms with Crippen LogP contribution < -0.4 is 0 Å². The highest BCUT2D eigenvalue weighted by Gasteiger charge is 2.49. The smallest absolute Gasteiger partial charge is 0.254 e. The Morgan fingerprint density at radius 3 is 2.62 bits per heavy atom. The van der Waals surface area contributed by atoms with Gasteiger partial charge in [-0.15, -0.1) is 0 Å². The number of amides is 1. The Balaban J connectivity index is 1.56. The van der Waals surface area contributed by atoms with E-state index in [4.69, 9.17) is 0 Å². The van der Waals surface area contributed by atoms with Crippen molar-refractivity contribution in [2.75, 3.05) is 26.2 Å². The summed E-state index contributed by atoms with van der Waals surface area (Å²) in [6.07, 6.45) is 1.15. The van der Waals surface area contributed by atoms with Crippen LogP contribution in [0.15, 0.2) is 48.5 Å². The summed E-state index contributed by atoms with van der Waals surface area (Å²) in [5, 5.41) is 19.4. The molecule has 4 atom stereocenters. The molecule has 2 heterocycles. The predicted molar refractivity (Wildman–Crippen MR) is 121 cm³/mol. The third kappa shape index (κ3) is 4.71. The van der Waals surface area contributed by atoms with Gasteiger partial charge in [-0.25, -0.2) is 4.39 Å². The monoisotopic (exact) mass is 436 g/mol. The number of nitrogens with zero attached hydrogens (tertiary/aromatic N) is 2. The Hall–Kier alpha value is -2.72. The number of carbonyl (C=O) groups is 1. The number of aliphatic hydroxyl groups excluding tert-OH is 2. The van der Waals surface area contributed by atoms with Crippen molar-refractivity contribution in [3.63, 3.8) is 0 Å². The highest BCUT2D eigenvalue weighted by atomic mass is 19.1. The number of halogens is 1. The molecule has 2 saturated heterocycles. The van der Waals surface area contributed by atoms with Gasteiger partial charge in [-0.3, -0.25) is 9.69 Å². The van der Waals surface area contributed by atoms with Crippen LogP contribution in [0, 0.1) is 17.7 Å². The molecule has 0 aromatic heterocycles. The second-order valence-corrected chi connectivity index (χ2v) is 8.62. The van der Waals surface area contributed by atoms with Gasteiger partial charge < -0.3 is 15.1 Å². The summed E-state index contributed by atoms with van der Waals surface area (Å²) in [4.78, 5) is 17.2. The molecule has 0 radical (unpaired) electrons. The molecule has 2 aliphatic rings. The third-order valence-electron chi connectivity index (χ3n) is 6.45. The molecule has 0 aliphatic carbocycles. The summed E-state index contributed by atoms with van der Waals surface area (Å²) < 4.78 is 13.7. The zero-order valence-corrected chi connectivity index (χ0v) is 18.2. The van der Waals surface area contributed by atoms with Crippen LogP contribution in [0.3, 0.4) is 0 Å². The summed E-state index contributed by atoms with van der Waals surface area (Å²) in [5.41, 5.74) is 2.30. The predicted octanol–water partition coefficient (Wildman–Crippen LogP) is 2.62.